The predicted octanol–water partition coefficient (Wildman–Crippen LogP) is 0.725. The maximum atomic E-state index is 5.47. The summed E-state index contributed by atoms with van der Waals surface area (Å²) < 4.78 is 10.4. The molecule has 1 aromatic heterocycles. The Morgan fingerprint density at radius 1 is 1.33 bits per heavy atom. The van der Waals surface area contributed by atoms with Crippen molar-refractivity contribution < 1.29 is 33.3 Å². The highest BCUT2D eigenvalue weighted by molar-refractivity contribution is 14.1. The molecule has 0 amide bonds. The van der Waals surface area contributed by atoms with Gasteiger partial charge in [-0.1, -0.05) is 40.0 Å². The molecule has 1 heterocycles. The van der Waals surface area contributed by atoms with E-state index in [0.29, 0.717) is 0 Å². The van der Waals surface area contributed by atoms with Crippen molar-refractivity contribution in [2.75, 3.05) is 11.5 Å². The fourth-order valence-electron chi connectivity index (χ4n) is 2.02. The van der Waals surface area contributed by atoms with Crippen LogP contribution in [0.1, 0.15) is 17.8 Å². The standard InChI is InChI=1S/C13H17INOS.HI/c1-10-15(9-4-3-8-14)13-11(16-2)6-5-7-12(13)17-10;/h5-7H,3-4,8-9H2,1-2H3;1H/q+1;/p-1. The molecule has 2 nitrogen and oxygen atoms in total. The Kier molecular flexibility index (Phi) is 7.15. The molecular formula is C13H17I2NOS. The van der Waals surface area contributed by atoms with Gasteiger partial charge in [0.05, 0.1) is 7.11 Å². The number of thiazole rings is 1. The summed E-state index contributed by atoms with van der Waals surface area (Å²) in [4.78, 5) is 0. The average Bonchev–Trinajstić information content (AvgIpc) is 2.66. The number of benzene rings is 1. The molecule has 5 heteroatoms. The maximum absolute atomic E-state index is 5.47. The Hall–Kier alpha value is 0.370. The van der Waals surface area contributed by atoms with E-state index in [1.165, 1.54) is 32.5 Å². The molecule has 0 radical (unpaired) electrons. The summed E-state index contributed by atoms with van der Waals surface area (Å²) in [5, 5.41) is 1.36. The highest BCUT2D eigenvalue weighted by Gasteiger charge is 2.20. The van der Waals surface area contributed by atoms with Crippen molar-refractivity contribution in [3.8, 4) is 5.75 Å². The molecule has 0 bridgehead atoms. The number of rotatable bonds is 5. The average molecular weight is 489 g/mol. The normalized spacial score (nSPS) is 10.4. The minimum absolute atomic E-state index is 0. The summed E-state index contributed by atoms with van der Waals surface area (Å²) in [5.41, 5.74) is 1.26. The number of nitrogens with zero attached hydrogens (tertiary/aromatic N) is 1. The van der Waals surface area contributed by atoms with Crippen LogP contribution in [0.3, 0.4) is 0 Å². The topological polar surface area (TPSA) is 13.1 Å². The molecule has 1 aromatic carbocycles. The van der Waals surface area contributed by atoms with Crippen LogP contribution in [0, 0.1) is 6.92 Å². The maximum Gasteiger partial charge on any atom is 0.266 e. The Bertz CT molecular complexity index is 513. The summed E-state index contributed by atoms with van der Waals surface area (Å²) in [7, 11) is 1.75. The lowest BCUT2D eigenvalue weighted by Crippen LogP contribution is -3.00. The number of ether oxygens (including phenoxy) is 1. The number of para-hydroxylation sites is 1. The molecule has 0 fully saturated rings. The van der Waals surface area contributed by atoms with E-state index in [2.05, 4.69) is 46.2 Å². The lowest BCUT2D eigenvalue weighted by molar-refractivity contribution is -0.673. The van der Waals surface area contributed by atoms with Crippen molar-refractivity contribution in [2.45, 2.75) is 26.3 Å². The Morgan fingerprint density at radius 3 is 2.78 bits per heavy atom. The van der Waals surface area contributed by atoms with E-state index in [-0.39, 0.29) is 24.0 Å². The number of alkyl halides is 1. The van der Waals surface area contributed by atoms with Crippen LogP contribution in [-0.2, 0) is 6.54 Å². The second-order valence-electron chi connectivity index (χ2n) is 3.98. The molecule has 0 saturated heterocycles. The summed E-state index contributed by atoms with van der Waals surface area (Å²) in [5.74, 6) is 0.987. The predicted molar refractivity (Wildman–Crippen MR) is 81.4 cm³/mol. The fourth-order valence-corrected chi connectivity index (χ4v) is 3.63. The number of unbranched alkanes of at least 4 members (excludes halogenated alkanes) is 1. The first-order valence-electron chi connectivity index (χ1n) is 5.80. The van der Waals surface area contributed by atoms with Crippen molar-refractivity contribution in [2.24, 2.45) is 0 Å². The Balaban J connectivity index is 0.00000162. The van der Waals surface area contributed by atoms with Gasteiger partial charge >= 0.3 is 0 Å². The van der Waals surface area contributed by atoms with E-state index in [0.717, 1.165) is 12.3 Å². The van der Waals surface area contributed by atoms with Crippen LogP contribution in [-0.4, -0.2) is 11.5 Å². The molecule has 0 aliphatic rings. The highest BCUT2D eigenvalue weighted by atomic mass is 127. The van der Waals surface area contributed by atoms with Crippen LogP contribution in [0.4, 0.5) is 0 Å². The van der Waals surface area contributed by atoms with Gasteiger partial charge in [-0.3, -0.25) is 0 Å². The first kappa shape index (κ1) is 16.4. The van der Waals surface area contributed by atoms with Gasteiger partial charge < -0.3 is 28.7 Å². The summed E-state index contributed by atoms with van der Waals surface area (Å²) in [6, 6.07) is 6.28. The monoisotopic (exact) mass is 489 g/mol. The van der Waals surface area contributed by atoms with Crippen molar-refractivity contribution in [3.63, 3.8) is 0 Å². The molecule has 2 aromatic rings. The van der Waals surface area contributed by atoms with Gasteiger partial charge in [0.2, 0.25) is 5.01 Å². The number of hydrogen-bond acceptors (Lipinski definition) is 2. The van der Waals surface area contributed by atoms with Gasteiger partial charge in [0.15, 0.2) is 5.75 Å². The lowest BCUT2D eigenvalue weighted by atomic mass is 10.3. The van der Waals surface area contributed by atoms with Gasteiger partial charge in [0.25, 0.3) is 5.52 Å². The molecule has 0 atom stereocenters. The van der Waals surface area contributed by atoms with E-state index in [1.807, 2.05) is 17.4 Å². The van der Waals surface area contributed by atoms with Gasteiger partial charge in [0, 0.05) is 13.3 Å². The Labute approximate surface area is 143 Å². The van der Waals surface area contributed by atoms with Crippen molar-refractivity contribution >= 4 is 44.1 Å². The molecule has 0 saturated carbocycles. The zero-order valence-electron chi connectivity index (χ0n) is 10.6. The number of aromatic nitrogens is 1. The minimum atomic E-state index is 0. The number of halogens is 2. The number of methoxy groups -OCH3 is 1. The van der Waals surface area contributed by atoms with Crippen molar-refractivity contribution in [1.82, 2.24) is 0 Å². The third-order valence-electron chi connectivity index (χ3n) is 2.85. The minimum Gasteiger partial charge on any atom is -1.00 e. The SMILES string of the molecule is COc1cccc2sc(C)[n+](CCCCI)c12.[I-]. The quantitative estimate of drug-likeness (QED) is 0.262. The van der Waals surface area contributed by atoms with E-state index >= 15 is 0 Å². The zero-order valence-corrected chi connectivity index (χ0v) is 15.7. The first-order chi connectivity index (χ1) is 8.27. The van der Waals surface area contributed by atoms with E-state index in [1.54, 1.807) is 7.11 Å². The van der Waals surface area contributed by atoms with E-state index < -0.39 is 0 Å². The first-order valence-corrected chi connectivity index (χ1v) is 8.14. The third kappa shape index (κ3) is 3.47. The molecule has 100 valence electrons. The highest BCUT2D eigenvalue weighted by Crippen LogP contribution is 2.27. The van der Waals surface area contributed by atoms with Crippen LogP contribution in [0.2, 0.25) is 0 Å². The van der Waals surface area contributed by atoms with Gasteiger partial charge in [-0.05, 0) is 23.0 Å². The van der Waals surface area contributed by atoms with E-state index in [4.69, 9.17) is 4.74 Å². The summed E-state index contributed by atoms with van der Waals surface area (Å²) >= 11 is 4.29. The number of fused-ring (bicyclic) bond motifs is 1. The van der Waals surface area contributed by atoms with Crippen LogP contribution < -0.4 is 33.3 Å². The summed E-state index contributed by atoms with van der Waals surface area (Å²) in [6.07, 6.45) is 2.51. The molecule has 0 aliphatic carbocycles. The molecule has 2 rings (SSSR count). The second-order valence-corrected chi connectivity index (χ2v) is 6.29. The molecular weight excluding hydrogens is 472 g/mol. The largest absolute Gasteiger partial charge is 1.00 e. The molecule has 0 unspecified atom stereocenters. The zero-order chi connectivity index (χ0) is 12.3. The summed E-state index contributed by atoms with van der Waals surface area (Å²) in [6.45, 7) is 3.28. The van der Waals surface area contributed by atoms with Crippen LogP contribution in [0.25, 0.3) is 10.2 Å². The molecule has 18 heavy (non-hydrogen) atoms. The van der Waals surface area contributed by atoms with Crippen LogP contribution in [0.15, 0.2) is 18.2 Å². The molecule has 0 aliphatic heterocycles. The van der Waals surface area contributed by atoms with Crippen molar-refractivity contribution in [1.29, 1.82) is 0 Å². The molecule has 0 N–H and O–H groups in total. The number of hydrogen-bond donors (Lipinski definition) is 0. The lowest BCUT2D eigenvalue weighted by Gasteiger charge is -2.00. The smallest absolute Gasteiger partial charge is 0.266 e. The Morgan fingerprint density at radius 2 is 2.11 bits per heavy atom. The number of aryl methyl sites for hydroxylation is 2. The van der Waals surface area contributed by atoms with Crippen LogP contribution >= 0.6 is 33.9 Å². The molecule has 0 spiro atoms. The van der Waals surface area contributed by atoms with E-state index in [9.17, 15) is 0 Å². The second kappa shape index (κ2) is 7.84. The fraction of sp³-hybridized carbons (Fsp3) is 0.462. The van der Waals surface area contributed by atoms with Crippen LogP contribution in [0.5, 0.6) is 5.75 Å². The van der Waals surface area contributed by atoms with Gasteiger partial charge in [-0.15, -0.1) is 0 Å². The van der Waals surface area contributed by atoms with Gasteiger partial charge in [0.1, 0.15) is 11.2 Å². The van der Waals surface area contributed by atoms with Gasteiger partial charge in [-0.25, -0.2) is 0 Å². The van der Waals surface area contributed by atoms with Gasteiger partial charge in [-0.2, -0.15) is 4.57 Å². The van der Waals surface area contributed by atoms with Crippen molar-refractivity contribution in [3.05, 3.63) is 23.2 Å². The third-order valence-corrected chi connectivity index (χ3v) is 4.68.